The van der Waals surface area contributed by atoms with Crippen LogP contribution in [0.2, 0.25) is 0 Å². The molecule has 0 fully saturated rings. The number of nitrogens with zero attached hydrogens (tertiary/aromatic N) is 2. The van der Waals surface area contributed by atoms with E-state index in [2.05, 4.69) is 48.3 Å². The zero-order chi connectivity index (χ0) is 19.8. The fraction of sp³-hybridized carbons (Fsp3) is 0.474. The number of carbonyl (C=O) groups is 2. The largest absolute Gasteiger partial charge is 0.462 e. The summed E-state index contributed by atoms with van der Waals surface area (Å²) in [5.41, 5.74) is 1.04. The van der Waals surface area contributed by atoms with Crippen LogP contribution in [0.1, 0.15) is 65.9 Å². The Bertz CT molecular complexity index is 875. The summed E-state index contributed by atoms with van der Waals surface area (Å²) in [6.45, 7) is 10.4. The molecule has 1 aliphatic rings. The van der Waals surface area contributed by atoms with E-state index in [1.807, 2.05) is 0 Å². The van der Waals surface area contributed by atoms with Gasteiger partial charge in [0.15, 0.2) is 0 Å². The number of carbonyl (C=O) groups excluding carboxylic acids is 2. The maximum atomic E-state index is 12.7. The lowest BCUT2D eigenvalue weighted by Crippen LogP contribution is -2.55. The van der Waals surface area contributed by atoms with Crippen molar-refractivity contribution < 1.29 is 14.3 Å². The number of fused-ring (bicyclic) bond motifs is 1. The zero-order valence-electron chi connectivity index (χ0n) is 16.2. The third-order valence-corrected chi connectivity index (χ3v) is 5.82. The van der Waals surface area contributed by atoms with Gasteiger partial charge in [-0.2, -0.15) is 0 Å². The number of aromatic nitrogens is 2. The monoisotopic (exact) mass is 388 g/mol. The van der Waals surface area contributed by atoms with Crippen molar-refractivity contribution in [2.24, 2.45) is 0 Å². The minimum Gasteiger partial charge on any atom is -0.462 e. The number of hydrogen-bond acceptors (Lipinski definition) is 7. The number of ether oxygens (including phenoxy) is 1. The van der Waals surface area contributed by atoms with Crippen LogP contribution in [-0.4, -0.2) is 34.0 Å². The van der Waals surface area contributed by atoms with Crippen molar-refractivity contribution in [3.8, 4) is 0 Å². The number of anilines is 1. The standard InChI is InChI=1S/C19H24N4O3S/c1-6-26-17(25)13-11-9-18(2,3)23-19(4,5)14(11)27-16(13)22-15(24)12-10-20-7-8-21-12/h7-8,10,23H,6,9H2,1-5H3,(H,22,24). The summed E-state index contributed by atoms with van der Waals surface area (Å²) < 4.78 is 5.28. The highest BCUT2D eigenvalue weighted by Gasteiger charge is 2.42. The first-order valence-electron chi connectivity index (χ1n) is 8.84. The smallest absolute Gasteiger partial charge is 0.341 e. The SMILES string of the molecule is CCOC(=O)c1c(NC(=O)c2cnccn2)sc2c1CC(C)(C)NC2(C)C. The van der Waals surface area contributed by atoms with E-state index in [-0.39, 0.29) is 23.4 Å². The molecule has 0 atom stereocenters. The molecule has 3 heterocycles. The molecular formula is C19H24N4O3S. The molecule has 2 N–H and O–H groups in total. The number of amides is 1. The molecule has 2 aromatic heterocycles. The van der Waals surface area contributed by atoms with Crippen LogP contribution in [0.5, 0.6) is 0 Å². The van der Waals surface area contributed by atoms with E-state index in [0.717, 1.165) is 10.4 Å². The fourth-order valence-electron chi connectivity index (χ4n) is 3.62. The lowest BCUT2D eigenvalue weighted by molar-refractivity contribution is 0.0526. The second kappa shape index (κ2) is 7.01. The Labute approximate surface area is 162 Å². The van der Waals surface area contributed by atoms with Gasteiger partial charge in [0.05, 0.1) is 18.4 Å². The van der Waals surface area contributed by atoms with Crippen LogP contribution in [0, 0.1) is 0 Å². The molecule has 1 aliphatic heterocycles. The first-order valence-corrected chi connectivity index (χ1v) is 9.66. The second-order valence-corrected chi connectivity index (χ2v) is 8.71. The van der Waals surface area contributed by atoms with E-state index in [9.17, 15) is 9.59 Å². The molecular weight excluding hydrogens is 364 g/mol. The highest BCUT2D eigenvalue weighted by Crippen LogP contribution is 2.45. The molecule has 7 nitrogen and oxygen atoms in total. The first-order chi connectivity index (χ1) is 12.6. The number of esters is 1. The van der Waals surface area contributed by atoms with Crippen molar-refractivity contribution in [2.75, 3.05) is 11.9 Å². The molecule has 1 amide bonds. The van der Waals surface area contributed by atoms with Gasteiger partial charge in [0.1, 0.15) is 10.7 Å². The van der Waals surface area contributed by atoms with Crippen LogP contribution in [0.3, 0.4) is 0 Å². The predicted octanol–water partition coefficient (Wildman–Crippen LogP) is 3.13. The van der Waals surface area contributed by atoms with Gasteiger partial charge >= 0.3 is 5.97 Å². The summed E-state index contributed by atoms with van der Waals surface area (Å²) in [7, 11) is 0. The lowest BCUT2D eigenvalue weighted by atomic mass is 9.81. The maximum Gasteiger partial charge on any atom is 0.341 e. The van der Waals surface area contributed by atoms with E-state index in [0.29, 0.717) is 17.0 Å². The second-order valence-electron chi connectivity index (χ2n) is 7.69. The van der Waals surface area contributed by atoms with Gasteiger partial charge in [-0.25, -0.2) is 9.78 Å². The molecule has 144 valence electrons. The van der Waals surface area contributed by atoms with Crippen molar-refractivity contribution in [1.82, 2.24) is 15.3 Å². The van der Waals surface area contributed by atoms with Gasteiger partial charge < -0.3 is 15.4 Å². The van der Waals surface area contributed by atoms with Crippen molar-refractivity contribution in [2.45, 2.75) is 52.1 Å². The van der Waals surface area contributed by atoms with Gasteiger partial charge in [0.25, 0.3) is 5.91 Å². The normalized spacial score (nSPS) is 17.1. The summed E-state index contributed by atoms with van der Waals surface area (Å²) in [6.07, 6.45) is 5.01. The van der Waals surface area contributed by atoms with Crippen molar-refractivity contribution >= 4 is 28.2 Å². The molecule has 0 radical (unpaired) electrons. The Balaban J connectivity index is 2.07. The molecule has 0 spiro atoms. The van der Waals surface area contributed by atoms with E-state index >= 15 is 0 Å². The quantitative estimate of drug-likeness (QED) is 0.782. The summed E-state index contributed by atoms with van der Waals surface area (Å²) in [5.74, 6) is -0.824. The van der Waals surface area contributed by atoms with Crippen LogP contribution < -0.4 is 10.6 Å². The molecule has 0 saturated heterocycles. The van der Waals surface area contributed by atoms with Gasteiger partial charge in [-0.1, -0.05) is 0 Å². The van der Waals surface area contributed by atoms with Gasteiger partial charge in [-0.3, -0.25) is 9.78 Å². The molecule has 27 heavy (non-hydrogen) atoms. The molecule has 0 aromatic carbocycles. The van der Waals surface area contributed by atoms with Gasteiger partial charge in [-0.15, -0.1) is 11.3 Å². The van der Waals surface area contributed by atoms with E-state index in [1.54, 1.807) is 6.92 Å². The van der Waals surface area contributed by atoms with Crippen LogP contribution in [0.15, 0.2) is 18.6 Å². The van der Waals surface area contributed by atoms with Crippen LogP contribution in [0.4, 0.5) is 5.00 Å². The summed E-state index contributed by atoms with van der Waals surface area (Å²) in [4.78, 5) is 34.3. The van der Waals surface area contributed by atoms with Crippen LogP contribution >= 0.6 is 11.3 Å². The van der Waals surface area contributed by atoms with Gasteiger partial charge in [0.2, 0.25) is 0 Å². The van der Waals surface area contributed by atoms with Crippen LogP contribution in [-0.2, 0) is 16.7 Å². The summed E-state index contributed by atoms with van der Waals surface area (Å²) in [6, 6.07) is 0. The van der Waals surface area contributed by atoms with Crippen molar-refractivity contribution in [1.29, 1.82) is 0 Å². The lowest BCUT2D eigenvalue weighted by Gasteiger charge is -2.42. The number of hydrogen-bond donors (Lipinski definition) is 2. The highest BCUT2D eigenvalue weighted by molar-refractivity contribution is 7.17. The average Bonchev–Trinajstić information content (AvgIpc) is 2.92. The maximum absolute atomic E-state index is 12.7. The van der Waals surface area contributed by atoms with Crippen molar-refractivity contribution in [3.63, 3.8) is 0 Å². The Morgan fingerprint density at radius 2 is 2.04 bits per heavy atom. The summed E-state index contributed by atoms with van der Waals surface area (Å²) >= 11 is 1.40. The third-order valence-electron chi connectivity index (χ3n) is 4.35. The molecule has 8 heteroatoms. The zero-order valence-corrected chi connectivity index (χ0v) is 17.0. The highest BCUT2D eigenvalue weighted by atomic mass is 32.1. The Morgan fingerprint density at radius 3 is 2.67 bits per heavy atom. The van der Waals surface area contributed by atoms with Gasteiger partial charge in [0, 0.05) is 28.3 Å². The molecule has 0 bridgehead atoms. The molecule has 0 aliphatic carbocycles. The molecule has 0 saturated carbocycles. The van der Waals surface area contributed by atoms with E-state index in [1.165, 1.54) is 29.9 Å². The topological polar surface area (TPSA) is 93.2 Å². The Hall–Kier alpha value is -2.32. The molecule has 0 unspecified atom stereocenters. The first kappa shape index (κ1) is 19.4. The molecule has 3 rings (SSSR count). The Morgan fingerprint density at radius 1 is 1.30 bits per heavy atom. The predicted molar refractivity (Wildman–Crippen MR) is 104 cm³/mol. The number of thiophene rings is 1. The minimum atomic E-state index is -0.419. The third kappa shape index (κ3) is 3.86. The van der Waals surface area contributed by atoms with Crippen LogP contribution in [0.25, 0.3) is 0 Å². The molecule has 2 aromatic rings. The van der Waals surface area contributed by atoms with Crippen molar-refractivity contribution in [3.05, 3.63) is 40.3 Å². The average molecular weight is 388 g/mol. The number of nitrogens with one attached hydrogen (secondary N) is 2. The minimum absolute atomic E-state index is 0.189. The number of rotatable bonds is 4. The van der Waals surface area contributed by atoms with E-state index in [4.69, 9.17) is 4.74 Å². The van der Waals surface area contributed by atoms with Gasteiger partial charge in [-0.05, 0) is 46.6 Å². The fourth-order valence-corrected chi connectivity index (χ4v) is 4.88. The van der Waals surface area contributed by atoms with E-state index < -0.39 is 11.9 Å². The summed E-state index contributed by atoms with van der Waals surface area (Å²) in [5, 5.41) is 6.93. The Kier molecular flexibility index (Phi) is 5.05.